The number of aromatic hydroxyl groups is 1. The number of primary amides is 1. The molecule has 0 aliphatic heterocycles. The van der Waals surface area contributed by atoms with Crippen molar-refractivity contribution in [3.8, 4) is 5.75 Å². The van der Waals surface area contributed by atoms with E-state index in [9.17, 15) is 39.0 Å². The molecule has 4 unspecified atom stereocenters. The van der Waals surface area contributed by atoms with Gasteiger partial charge in [0, 0.05) is 12.8 Å². The van der Waals surface area contributed by atoms with Gasteiger partial charge < -0.3 is 42.7 Å². The van der Waals surface area contributed by atoms with Gasteiger partial charge in [-0.15, -0.1) is 0 Å². The van der Waals surface area contributed by atoms with Crippen molar-refractivity contribution in [1.82, 2.24) is 16.0 Å². The molecular weight excluding hydrogens is 538 g/mol. The quantitative estimate of drug-likeness (QED) is 0.119. The smallest absolute Gasteiger partial charge is 0.326 e. The molecule has 41 heavy (non-hydrogen) atoms. The third-order valence-corrected chi connectivity index (χ3v) is 5.94. The van der Waals surface area contributed by atoms with Gasteiger partial charge in [-0.2, -0.15) is 0 Å². The summed E-state index contributed by atoms with van der Waals surface area (Å²) in [6, 6.07) is 9.09. The van der Waals surface area contributed by atoms with Gasteiger partial charge in [0.2, 0.25) is 23.6 Å². The summed E-state index contributed by atoms with van der Waals surface area (Å²) in [5, 5.41) is 34.9. The highest BCUT2D eigenvalue weighted by Gasteiger charge is 2.31. The lowest BCUT2D eigenvalue weighted by Crippen LogP contribution is -2.58. The van der Waals surface area contributed by atoms with E-state index in [0.29, 0.717) is 11.1 Å². The van der Waals surface area contributed by atoms with Crippen LogP contribution >= 0.6 is 0 Å². The monoisotopic (exact) mass is 571 g/mol. The van der Waals surface area contributed by atoms with Gasteiger partial charge in [-0.05, 0) is 36.1 Å². The molecule has 0 bridgehead atoms. The number of nitrogens with two attached hydrogens (primary N) is 2. The van der Waals surface area contributed by atoms with Crippen molar-refractivity contribution in [2.75, 3.05) is 0 Å². The molecule has 2 aromatic carbocycles. The Morgan fingerprint density at radius 2 is 1.24 bits per heavy atom. The third kappa shape index (κ3) is 11.3. The number of hydrogen-bond acceptors (Lipinski definition) is 8. The molecule has 4 atom stereocenters. The van der Waals surface area contributed by atoms with E-state index < -0.39 is 79.0 Å². The van der Waals surface area contributed by atoms with Crippen molar-refractivity contribution in [1.29, 1.82) is 0 Å². The zero-order valence-corrected chi connectivity index (χ0v) is 22.0. The highest BCUT2D eigenvalue weighted by atomic mass is 16.4. The number of aliphatic carboxylic acids is 2. The number of carboxylic acids is 2. The molecule has 2 aromatic rings. The molecule has 0 saturated carbocycles. The summed E-state index contributed by atoms with van der Waals surface area (Å²) < 4.78 is 0. The minimum atomic E-state index is -1.71. The van der Waals surface area contributed by atoms with Gasteiger partial charge in [0.15, 0.2) is 0 Å². The van der Waals surface area contributed by atoms with Crippen LogP contribution in [0.2, 0.25) is 0 Å². The SMILES string of the molecule is NC(=O)CC(NC(=O)C(CCC(=O)O)NC(=O)C(Cc1ccccc1)NC(=O)C(N)Cc1ccc(O)cc1)C(=O)O. The van der Waals surface area contributed by atoms with Crippen molar-refractivity contribution in [2.24, 2.45) is 11.5 Å². The summed E-state index contributed by atoms with van der Waals surface area (Å²) >= 11 is 0. The van der Waals surface area contributed by atoms with Crippen LogP contribution in [0.5, 0.6) is 5.75 Å². The van der Waals surface area contributed by atoms with Crippen LogP contribution in [0.4, 0.5) is 0 Å². The molecule has 10 N–H and O–H groups in total. The Bertz CT molecular complexity index is 1240. The van der Waals surface area contributed by atoms with Crippen LogP contribution < -0.4 is 27.4 Å². The first-order chi connectivity index (χ1) is 19.3. The Balaban J connectivity index is 2.23. The number of phenols is 1. The summed E-state index contributed by atoms with van der Waals surface area (Å²) in [4.78, 5) is 73.0. The molecule has 14 nitrogen and oxygen atoms in total. The first kappa shape index (κ1) is 32.2. The standard InChI is InChI=1S/C27H33N5O9/c28-18(12-16-6-8-17(33)9-7-16)24(37)31-20(13-15-4-2-1-3-5-15)26(39)30-19(10-11-23(35)36)25(38)32-21(27(40)41)14-22(29)34/h1-9,18-21,33H,10-14,28H2,(H2,29,34)(H,30,39)(H,31,37)(H,32,38)(H,35,36)(H,40,41). The number of phenolic OH excluding ortho intramolecular Hbond substituents is 1. The van der Waals surface area contributed by atoms with Gasteiger partial charge in [-0.1, -0.05) is 42.5 Å². The van der Waals surface area contributed by atoms with Crippen LogP contribution in [0, 0.1) is 0 Å². The van der Waals surface area contributed by atoms with E-state index in [2.05, 4.69) is 16.0 Å². The second-order valence-electron chi connectivity index (χ2n) is 9.29. The van der Waals surface area contributed by atoms with Crippen molar-refractivity contribution in [3.05, 3.63) is 65.7 Å². The van der Waals surface area contributed by atoms with E-state index >= 15 is 0 Å². The fourth-order valence-corrected chi connectivity index (χ4v) is 3.80. The zero-order chi connectivity index (χ0) is 30.5. The van der Waals surface area contributed by atoms with Crippen LogP contribution in [0.3, 0.4) is 0 Å². The molecule has 14 heteroatoms. The summed E-state index contributed by atoms with van der Waals surface area (Å²) in [6.07, 6.45) is -1.63. The predicted octanol–water partition coefficient (Wildman–Crippen LogP) is -1.22. The number of rotatable bonds is 16. The summed E-state index contributed by atoms with van der Waals surface area (Å²) in [5.74, 6) is -6.40. The van der Waals surface area contributed by atoms with E-state index in [4.69, 9.17) is 16.6 Å². The zero-order valence-electron chi connectivity index (χ0n) is 22.0. The van der Waals surface area contributed by atoms with Gasteiger partial charge in [-0.25, -0.2) is 4.79 Å². The van der Waals surface area contributed by atoms with Crippen LogP contribution in [0.25, 0.3) is 0 Å². The minimum Gasteiger partial charge on any atom is -0.508 e. The molecule has 0 aliphatic rings. The second-order valence-corrected chi connectivity index (χ2v) is 9.29. The lowest BCUT2D eigenvalue weighted by molar-refractivity contribution is -0.144. The number of hydrogen-bond donors (Lipinski definition) is 8. The van der Waals surface area contributed by atoms with E-state index in [1.807, 2.05) is 0 Å². The molecule has 0 heterocycles. The molecule has 0 aromatic heterocycles. The normalized spacial score (nSPS) is 13.6. The Morgan fingerprint density at radius 3 is 1.80 bits per heavy atom. The number of nitrogens with one attached hydrogen (secondary N) is 3. The average molecular weight is 572 g/mol. The molecule has 0 spiro atoms. The molecule has 0 fully saturated rings. The number of carbonyl (C=O) groups excluding carboxylic acids is 4. The molecular formula is C27H33N5O9. The largest absolute Gasteiger partial charge is 0.508 e. The fourth-order valence-electron chi connectivity index (χ4n) is 3.80. The van der Waals surface area contributed by atoms with Crippen LogP contribution in [-0.2, 0) is 41.6 Å². The van der Waals surface area contributed by atoms with E-state index in [0.717, 1.165) is 0 Å². The highest BCUT2D eigenvalue weighted by Crippen LogP contribution is 2.12. The van der Waals surface area contributed by atoms with Crippen LogP contribution in [-0.4, -0.2) is 75.1 Å². The Morgan fingerprint density at radius 1 is 0.707 bits per heavy atom. The molecule has 4 amide bonds. The van der Waals surface area contributed by atoms with Crippen LogP contribution in [0.15, 0.2) is 54.6 Å². The van der Waals surface area contributed by atoms with E-state index in [1.165, 1.54) is 12.1 Å². The lowest BCUT2D eigenvalue weighted by Gasteiger charge is -2.25. The van der Waals surface area contributed by atoms with Gasteiger partial charge in [0.05, 0.1) is 12.5 Å². The lowest BCUT2D eigenvalue weighted by atomic mass is 10.0. The Labute approximate surface area is 235 Å². The number of carboxylic acid groups (broad SMARTS) is 2. The third-order valence-electron chi connectivity index (χ3n) is 5.94. The molecule has 0 saturated heterocycles. The van der Waals surface area contributed by atoms with Crippen molar-refractivity contribution < 1.29 is 44.1 Å². The minimum absolute atomic E-state index is 0.0168. The Hall–Kier alpha value is -4.98. The van der Waals surface area contributed by atoms with E-state index in [-0.39, 0.29) is 18.6 Å². The maximum Gasteiger partial charge on any atom is 0.326 e. The van der Waals surface area contributed by atoms with Crippen molar-refractivity contribution in [3.63, 3.8) is 0 Å². The average Bonchev–Trinajstić information content (AvgIpc) is 2.91. The van der Waals surface area contributed by atoms with Gasteiger partial charge in [0.25, 0.3) is 0 Å². The first-order valence-electron chi connectivity index (χ1n) is 12.6. The number of benzene rings is 2. The number of carbonyl (C=O) groups is 6. The molecule has 220 valence electrons. The summed E-state index contributed by atoms with van der Waals surface area (Å²) in [6.45, 7) is 0. The maximum atomic E-state index is 13.3. The second kappa shape index (κ2) is 15.6. The first-order valence-corrected chi connectivity index (χ1v) is 12.6. The van der Waals surface area contributed by atoms with Crippen molar-refractivity contribution >= 4 is 35.6 Å². The highest BCUT2D eigenvalue weighted by molar-refractivity contribution is 5.95. The van der Waals surface area contributed by atoms with E-state index in [1.54, 1.807) is 42.5 Å². The van der Waals surface area contributed by atoms with Gasteiger partial charge >= 0.3 is 11.9 Å². The van der Waals surface area contributed by atoms with Gasteiger partial charge in [0.1, 0.15) is 23.9 Å². The number of amides is 4. The van der Waals surface area contributed by atoms with Crippen LogP contribution in [0.1, 0.15) is 30.4 Å². The van der Waals surface area contributed by atoms with Gasteiger partial charge in [-0.3, -0.25) is 24.0 Å². The molecule has 0 aliphatic carbocycles. The van der Waals surface area contributed by atoms with Crippen molar-refractivity contribution in [2.45, 2.75) is 56.3 Å². The molecule has 2 rings (SSSR count). The maximum absolute atomic E-state index is 13.3. The topological polar surface area (TPSA) is 251 Å². The fraction of sp³-hybridized carbons (Fsp3) is 0.333. The summed E-state index contributed by atoms with van der Waals surface area (Å²) in [5.41, 5.74) is 12.4. The molecule has 0 radical (unpaired) electrons. The Kier molecular flexibility index (Phi) is 12.2. The predicted molar refractivity (Wildman–Crippen MR) is 144 cm³/mol. The summed E-state index contributed by atoms with van der Waals surface area (Å²) in [7, 11) is 0.